The second-order valence-corrected chi connectivity index (χ2v) is 8.71. The van der Waals surface area contributed by atoms with Crippen LogP contribution in [0.2, 0.25) is 0 Å². The van der Waals surface area contributed by atoms with Crippen LogP contribution in [0.5, 0.6) is 0 Å². The van der Waals surface area contributed by atoms with Crippen LogP contribution in [0.3, 0.4) is 0 Å². The van der Waals surface area contributed by atoms with Crippen molar-refractivity contribution in [2.45, 2.75) is 50.8 Å². The molecular weight excluding hydrogens is 414 g/mol. The van der Waals surface area contributed by atoms with Crippen LogP contribution >= 0.6 is 11.8 Å². The molecular formula is C23H35N3O4S. The van der Waals surface area contributed by atoms with Crippen LogP contribution in [0.25, 0.3) is 0 Å². The quantitative estimate of drug-likeness (QED) is 0.273. The second-order valence-electron chi connectivity index (χ2n) is 7.85. The molecule has 7 nitrogen and oxygen atoms in total. The SMILES string of the molecule is CCCCC(Cc1ccc(SC#N)cc1)CN(CCN(CCC)CC(=O)O)CC(=O)O. The highest BCUT2D eigenvalue weighted by molar-refractivity contribution is 8.03. The summed E-state index contributed by atoms with van der Waals surface area (Å²) < 4.78 is 0. The third-order valence-electron chi connectivity index (χ3n) is 5.08. The molecule has 8 heteroatoms. The van der Waals surface area contributed by atoms with Gasteiger partial charge in [0.1, 0.15) is 5.40 Å². The number of unbranched alkanes of at least 4 members (excludes halogenated alkanes) is 1. The first kappa shape index (κ1) is 27.0. The fraction of sp³-hybridized carbons (Fsp3) is 0.609. The maximum absolute atomic E-state index is 11.4. The summed E-state index contributed by atoms with van der Waals surface area (Å²) in [5, 5.41) is 29.4. The van der Waals surface area contributed by atoms with Crippen molar-refractivity contribution < 1.29 is 19.8 Å². The Balaban J connectivity index is 2.81. The first-order valence-electron chi connectivity index (χ1n) is 10.9. The Morgan fingerprint density at radius 3 is 2.16 bits per heavy atom. The number of carboxylic acids is 2. The third kappa shape index (κ3) is 12.4. The molecule has 0 bridgehead atoms. The van der Waals surface area contributed by atoms with E-state index in [9.17, 15) is 14.7 Å². The Kier molecular flexibility index (Phi) is 13.6. The lowest BCUT2D eigenvalue weighted by Gasteiger charge is -2.29. The number of thiocyanates is 1. The van der Waals surface area contributed by atoms with E-state index < -0.39 is 11.9 Å². The van der Waals surface area contributed by atoms with Gasteiger partial charge >= 0.3 is 11.9 Å². The van der Waals surface area contributed by atoms with Gasteiger partial charge in [-0.25, -0.2) is 0 Å². The number of rotatable bonds is 17. The van der Waals surface area contributed by atoms with Crippen LogP contribution in [-0.2, 0) is 16.0 Å². The Morgan fingerprint density at radius 2 is 1.61 bits per heavy atom. The molecule has 1 unspecified atom stereocenters. The number of carboxylic acid groups (broad SMARTS) is 2. The van der Waals surface area contributed by atoms with Crippen LogP contribution in [-0.4, -0.2) is 71.2 Å². The van der Waals surface area contributed by atoms with Crippen LogP contribution in [0.1, 0.15) is 45.1 Å². The summed E-state index contributed by atoms with van der Waals surface area (Å²) in [5.41, 5.74) is 1.18. The summed E-state index contributed by atoms with van der Waals surface area (Å²) in [7, 11) is 0. The van der Waals surface area contributed by atoms with Crippen molar-refractivity contribution in [3.8, 4) is 5.40 Å². The molecule has 0 saturated carbocycles. The highest BCUT2D eigenvalue weighted by Gasteiger charge is 2.19. The van der Waals surface area contributed by atoms with E-state index in [1.54, 1.807) is 0 Å². The molecule has 2 N–H and O–H groups in total. The molecule has 0 spiro atoms. The monoisotopic (exact) mass is 449 g/mol. The highest BCUT2D eigenvalue weighted by atomic mass is 32.2. The fourth-order valence-electron chi connectivity index (χ4n) is 3.68. The highest BCUT2D eigenvalue weighted by Crippen LogP contribution is 2.21. The topological polar surface area (TPSA) is 105 Å². The number of hydrogen-bond acceptors (Lipinski definition) is 6. The second kappa shape index (κ2) is 15.7. The van der Waals surface area contributed by atoms with E-state index in [1.807, 2.05) is 41.0 Å². The minimum Gasteiger partial charge on any atom is -0.480 e. The number of carbonyl (C=O) groups is 2. The largest absolute Gasteiger partial charge is 0.480 e. The van der Waals surface area contributed by atoms with Gasteiger partial charge in [-0.15, -0.1) is 0 Å². The van der Waals surface area contributed by atoms with Gasteiger partial charge < -0.3 is 10.2 Å². The van der Waals surface area contributed by atoms with Crippen molar-refractivity contribution in [1.29, 1.82) is 5.26 Å². The fourth-order valence-corrected chi connectivity index (χ4v) is 4.06. The van der Waals surface area contributed by atoms with Gasteiger partial charge in [0.25, 0.3) is 0 Å². The number of nitrogens with zero attached hydrogens (tertiary/aromatic N) is 3. The first-order valence-corrected chi connectivity index (χ1v) is 11.7. The van der Waals surface area contributed by atoms with E-state index in [0.717, 1.165) is 48.8 Å². The molecule has 0 radical (unpaired) electrons. The van der Waals surface area contributed by atoms with Crippen molar-refractivity contribution in [2.24, 2.45) is 5.92 Å². The van der Waals surface area contributed by atoms with Crippen LogP contribution in [0.4, 0.5) is 0 Å². The molecule has 0 fully saturated rings. The number of benzene rings is 1. The number of aliphatic carboxylic acids is 2. The molecule has 0 aromatic heterocycles. The Hall–Kier alpha value is -2.08. The maximum Gasteiger partial charge on any atom is 0.317 e. The smallest absolute Gasteiger partial charge is 0.317 e. The molecule has 172 valence electrons. The Bertz CT molecular complexity index is 706. The summed E-state index contributed by atoms with van der Waals surface area (Å²) in [5.74, 6) is -1.42. The average Bonchev–Trinajstić information content (AvgIpc) is 2.71. The molecule has 1 rings (SSSR count). The van der Waals surface area contributed by atoms with E-state index in [4.69, 9.17) is 10.4 Å². The number of nitriles is 1. The van der Waals surface area contributed by atoms with Gasteiger partial charge in [0.2, 0.25) is 0 Å². The molecule has 0 heterocycles. The zero-order valence-electron chi connectivity index (χ0n) is 18.6. The van der Waals surface area contributed by atoms with Crippen LogP contribution in [0.15, 0.2) is 29.2 Å². The summed E-state index contributed by atoms with van der Waals surface area (Å²) in [6.45, 7) is 6.48. The zero-order valence-corrected chi connectivity index (χ0v) is 19.4. The van der Waals surface area contributed by atoms with Crippen LogP contribution < -0.4 is 0 Å². The molecule has 1 aromatic carbocycles. The van der Waals surface area contributed by atoms with Crippen molar-refractivity contribution in [2.75, 3.05) is 39.3 Å². The molecule has 1 aromatic rings. The Labute approximate surface area is 190 Å². The summed E-state index contributed by atoms with van der Waals surface area (Å²) in [4.78, 5) is 27.3. The normalized spacial score (nSPS) is 12.1. The minimum absolute atomic E-state index is 0.0267. The van der Waals surface area contributed by atoms with Crippen molar-refractivity contribution in [1.82, 2.24) is 9.80 Å². The van der Waals surface area contributed by atoms with Crippen molar-refractivity contribution in [3.05, 3.63) is 29.8 Å². The number of thioether (sulfide) groups is 1. The predicted molar refractivity (Wildman–Crippen MR) is 123 cm³/mol. The van der Waals surface area contributed by atoms with E-state index in [2.05, 4.69) is 12.3 Å². The van der Waals surface area contributed by atoms with E-state index >= 15 is 0 Å². The zero-order chi connectivity index (χ0) is 23.1. The van der Waals surface area contributed by atoms with E-state index in [1.165, 1.54) is 5.56 Å². The van der Waals surface area contributed by atoms with E-state index in [0.29, 0.717) is 32.1 Å². The third-order valence-corrected chi connectivity index (χ3v) is 5.68. The Morgan fingerprint density at radius 1 is 1.00 bits per heavy atom. The molecule has 1 atom stereocenters. The minimum atomic E-state index is -0.868. The summed E-state index contributed by atoms with van der Waals surface area (Å²) >= 11 is 1.14. The lowest BCUT2D eigenvalue weighted by Crippen LogP contribution is -2.42. The summed E-state index contributed by atoms with van der Waals surface area (Å²) in [6.07, 6.45) is 4.87. The van der Waals surface area contributed by atoms with Crippen molar-refractivity contribution >= 4 is 23.7 Å². The number of hydrogen-bond donors (Lipinski definition) is 2. The molecule has 0 aliphatic heterocycles. The molecule has 31 heavy (non-hydrogen) atoms. The van der Waals surface area contributed by atoms with Gasteiger partial charge in [-0.2, -0.15) is 5.26 Å². The average molecular weight is 450 g/mol. The van der Waals surface area contributed by atoms with Gasteiger partial charge in [-0.1, -0.05) is 38.8 Å². The van der Waals surface area contributed by atoms with Gasteiger partial charge in [0.15, 0.2) is 0 Å². The molecule has 0 saturated heterocycles. The predicted octanol–water partition coefficient (Wildman–Crippen LogP) is 3.79. The lowest BCUT2D eigenvalue weighted by molar-refractivity contribution is -0.140. The summed E-state index contributed by atoms with van der Waals surface area (Å²) in [6, 6.07) is 7.97. The van der Waals surface area contributed by atoms with Gasteiger partial charge in [0, 0.05) is 24.5 Å². The standard InChI is InChI=1S/C23H35N3O4S/c1-3-5-6-20(14-19-7-9-21(10-8-19)31-18-24)15-26(17-23(29)30)13-12-25(11-4-2)16-22(27)28/h7-10,20H,3-6,11-17H2,1-2H3,(H,27,28)(H,29,30). The van der Waals surface area contributed by atoms with E-state index in [-0.39, 0.29) is 13.1 Å². The molecule has 0 aliphatic rings. The van der Waals surface area contributed by atoms with Crippen molar-refractivity contribution in [3.63, 3.8) is 0 Å². The maximum atomic E-state index is 11.4. The molecule has 0 amide bonds. The first-order chi connectivity index (χ1) is 14.9. The molecule has 0 aliphatic carbocycles. The van der Waals surface area contributed by atoms with Crippen LogP contribution in [0, 0.1) is 16.6 Å². The van der Waals surface area contributed by atoms with Gasteiger partial charge in [-0.3, -0.25) is 19.4 Å². The van der Waals surface area contributed by atoms with Gasteiger partial charge in [-0.05, 0) is 61.2 Å². The van der Waals surface area contributed by atoms with Gasteiger partial charge in [0.05, 0.1) is 13.1 Å². The lowest BCUT2D eigenvalue weighted by atomic mass is 9.93.